The van der Waals surface area contributed by atoms with Crippen molar-refractivity contribution in [1.29, 1.82) is 0 Å². The van der Waals surface area contributed by atoms with E-state index in [4.69, 9.17) is 28.0 Å². The standard InChI is InChI=1S/C20H14Cl2F6N2O2S/c21-13-5-12(6-14(22)7-13)18(20(26,27)28)8-16(30-32-18)11-1-3-15(4-2-11)33-9-17(31)29-10-19(23,24)25/h1-7H,8-10H2,(H,29,31). The number of hydrogen-bond acceptors (Lipinski definition) is 4. The van der Waals surface area contributed by atoms with E-state index in [1.165, 1.54) is 30.3 Å². The third-order valence-corrected chi connectivity index (χ3v) is 6.01. The Kier molecular flexibility index (Phi) is 7.45. The molecule has 3 rings (SSSR count). The highest BCUT2D eigenvalue weighted by atomic mass is 35.5. The Morgan fingerprint density at radius 1 is 1.06 bits per heavy atom. The molecule has 2 aromatic carbocycles. The maximum absolute atomic E-state index is 14.0. The van der Waals surface area contributed by atoms with Gasteiger partial charge in [-0.3, -0.25) is 4.79 Å². The molecule has 1 N–H and O–H groups in total. The van der Waals surface area contributed by atoms with E-state index >= 15 is 0 Å². The fraction of sp³-hybridized carbons (Fsp3) is 0.300. The van der Waals surface area contributed by atoms with Crippen molar-refractivity contribution in [2.24, 2.45) is 5.16 Å². The van der Waals surface area contributed by atoms with E-state index in [9.17, 15) is 31.1 Å². The summed E-state index contributed by atoms with van der Waals surface area (Å²) in [6.45, 7) is -1.43. The Balaban J connectivity index is 1.70. The summed E-state index contributed by atoms with van der Waals surface area (Å²) in [7, 11) is 0. The van der Waals surface area contributed by atoms with E-state index in [2.05, 4.69) is 5.16 Å². The van der Waals surface area contributed by atoms with Gasteiger partial charge in [-0.05, 0) is 35.9 Å². The van der Waals surface area contributed by atoms with Gasteiger partial charge in [0.1, 0.15) is 6.54 Å². The fourth-order valence-electron chi connectivity index (χ4n) is 2.99. The second kappa shape index (κ2) is 9.63. The first-order chi connectivity index (χ1) is 15.3. The molecule has 33 heavy (non-hydrogen) atoms. The first kappa shape index (κ1) is 25.5. The molecule has 0 radical (unpaired) electrons. The Labute approximate surface area is 198 Å². The van der Waals surface area contributed by atoms with Crippen LogP contribution in [0.25, 0.3) is 0 Å². The molecule has 2 aromatic rings. The minimum atomic E-state index is -4.83. The SMILES string of the molecule is O=C(CSc1ccc(C2=NOC(c3cc(Cl)cc(Cl)c3)(C(F)(F)F)C2)cc1)NCC(F)(F)F. The topological polar surface area (TPSA) is 50.7 Å². The third-order valence-electron chi connectivity index (χ3n) is 4.56. The lowest BCUT2D eigenvalue weighted by Gasteiger charge is -2.29. The first-order valence-corrected chi connectivity index (χ1v) is 10.9. The molecule has 0 bridgehead atoms. The Hall–Kier alpha value is -2.11. The summed E-state index contributed by atoms with van der Waals surface area (Å²) in [5, 5.41) is 5.42. The van der Waals surface area contributed by atoms with Gasteiger partial charge in [-0.25, -0.2) is 0 Å². The number of hydrogen-bond donors (Lipinski definition) is 1. The molecule has 0 saturated carbocycles. The van der Waals surface area contributed by atoms with Crippen molar-refractivity contribution < 1.29 is 36.0 Å². The molecule has 0 fully saturated rings. The van der Waals surface area contributed by atoms with Crippen LogP contribution in [0, 0.1) is 0 Å². The average Bonchev–Trinajstić information content (AvgIpc) is 3.17. The second-order valence-corrected chi connectivity index (χ2v) is 8.92. The zero-order valence-electron chi connectivity index (χ0n) is 16.4. The maximum atomic E-state index is 14.0. The molecule has 0 aromatic heterocycles. The summed E-state index contributed by atoms with van der Waals surface area (Å²) in [5.74, 6) is -1.06. The molecule has 1 unspecified atom stereocenters. The summed E-state index contributed by atoms with van der Waals surface area (Å²) >= 11 is 12.7. The van der Waals surface area contributed by atoms with Crippen molar-refractivity contribution in [3.63, 3.8) is 0 Å². The Morgan fingerprint density at radius 3 is 2.21 bits per heavy atom. The van der Waals surface area contributed by atoms with Gasteiger partial charge >= 0.3 is 12.4 Å². The predicted molar refractivity (Wildman–Crippen MR) is 113 cm³/mol. The molecule has 1 aliphatic rings. The molecule has 4 nitrogen and oxygen atoms in total. The Bertz CT molecular complexity index is 1040. The van der Waals surface area contributed by atoms with Crippen LogP contribution in [0.1, 0.15) is 17.5 Å². The fourth-order valence-corrected chi connectivity index (χ4v) is 4.24. The van der Waals surface area contributed by atoms with Crippen molar-refractivity contribution in [1.82, 2.24) is 5.32 Å². The molecular formula is C20H14Cl2F6N2O2S. The largest absolute Gasteiger partial charge is 0.435 e. The summed E-state index contributed by atoms with van der Waals surface area (Å²) < 4.78 is 78.5. The third kappa shape index (κ3) is 6.27. The number of rotatable bonds is 6. The molecular weight excluding hydrogens is 517 g/mol. The van der Waals surface area contributed by atoms with Gasteiger partial charge in [0.25, 0.3) is 5.60 Å². The van der Waals surface area contributed by atoms with Crippen LogP contribution < -0.4 is 5.32 Å². The van der Waals surface area contributed by atoms with E-state index in [-0.39, 0.29) is 27.1 Å². The minimum Gasteiger partial charge on any atom is -0.374 e. The molecule has 1 heterocycles. The summed E-state index contributed by atoms with van der Waals surface area (Å²) in [4.78, 5) is 17.0. The van der Waals surface area contributed by atoms with Gasteiger partial charge in [0.05, 0.1) is 11.5 Å². The van der Waals surface area contributed by atoms with Gasteiger partial charge < -0.3 is 10.2 Å². The maximum Gasteiger partial charge on any atom is 0.435 e. The molecule has 1 aliphatic heterocycles. The van der Waals surface area contributed by atoms with E-state index in [0.29, 0.717) is 10.5 Å². The zero-order valence-corrected chi connectivity index (χ0v) is 18.7. The average molecular weight is 531 g/mol. The quantitative estimate of drug-likeness (QED) is 0.350. The van der Waals surface area contributed by atoms with Crippen LogP contribution in [0.2, 0.25) is 10.0 Å². The first-order valence-electron chi connectivity index (χ1n) is 9.14. The van der Waals surface area contributed by atoms with Crippen LogP contribution in [0.3, 0.4) is 0 Å². The van der Waals surface area contributed by atoms with Crippen molar-refractivity contribution in [2.75, 3.05) is 12.3 Å². The molecule has 0 saturated heterocycles. The van der Waals surface area contributed by atoms with Crippen molar-refractivity contribution >= 4 is 46.6 Å². The van der Waals surface area contributed by atoms with Crippen LogP contribution in [-0.2, 0) is 15.2 Å². The highest BCUT2D eigenvalue weighted by molar-refractivity contribution is 8.00. The number of nitrogens with zero attached hydrogens (tertiary/aromatic N) is 1. The minimum absolute atomic E-state index is 0.0128. The summed E-state index contributed by atoms with van der Waals surface area (Å²) in [6.07, 6.45) is -9.96. The highest BCUT2D eigenvalue weighted by Crippen LogP contribution is 2.49. The lowest BCUT2D eigenvalue weighted by atomic mass is 9.86. The number of nitrogens with one attached hydrogen (secondary N) is 1. The predicted octanol–water partition coefficient (Wildman–Crippen LogP) is 6.35. The number of halogens is 8. The van der Waals surface area contributed by atoms with Crippen molar-refractivity contribution in [3.8, 4) is 0 Å². The zero-order chi connectivity index (χ0) is 24.4. The molecule has 0 aliphatic carbocycles. The van der Waals surface area contributed by atoms with Gasteiger partial charge in [0.2, 0.25) is 5.91 Å². The second-order valence-electron chi connectivity index (χ2n) is 6.99. The van der Waals surface area contributed by atoms with Gasteiger partial charge in [0.15, 0.2) is 0 Å². The number of carbonyl (C=O) groups is 1. The molecule has 13 heteroatoms. The molecule has 178 valence electrons. The molecule has 0 spiro atoms. The number of alkyl halides is 6. The van der Waals surface area contributed by atoms with Gasteiger partial charge in [-0.2, -0.15) is 26.3 Å². The van der Waals surface area contributed by atoms with E-state index in [1.54, 1.807) is 5.32 Å². The highest BCUT2D eigenvalue weighted by Gasteiger charge is 2.62. The van der Waals surface area contributed by atoms with Crippen LogP contribution >= 0.6 is 35.0 Å². The van der Waals surface area contributed by atoms with E-state index in [1.807, 2.05) is 0 Å². The van der Waals surface area contributed by atoms with Gasteiger partial charge in [-0.1, -0.05) is 40.5 Å². The van der Waals surface area contributed by atoms with Crippen molar-refractivity contribution in [3.05, 3.63) is 63.6 Å². The monoisotopic (exact) mass is 530 g/mol. The van der Waals surface area contributed by atoms with Crippen molar-refractivity contribution in [2.45, 2.75) is 29.3 Å². The number of benzene rings is 2. The van der Waals surface area contributed by atoms with Gasteiger partial charge in [0, 0.05) is 26.9 Å². The number of carbonyl (C=O) groups excluding carboxylic acids is 1. The van der Waals surface area contributed by atoms with E-state index < -0.39 is 36.8 Å². The molecule has 1 atom stereocenters. The molecule has 1 amide bonds. The van der Waals surface area contributed by atoms with Crippen LogP contribution in [0.15, 0.2) is 52.5 Å². The Morgan fingerprint density at radius 2 is 1.67 bits per heavy atom. The normalized spacial score (nSPS) is 18.6. The lowest BCUT2D eigenvalue weighted by molar-refractivity contribution is -0.275. The van der Waals surface area contributed by atoms with Gasteiger partial charge in [-0.15, -0.1) is 11.8 Å². The van der Waals surface area contributed by atoms with Crippen LogP contribution in [0.5, 0.6) is 0 Å². The smallest absolute Gasteiger partial charge is 0.374 e. The lowest BCUT2D eigenvalue weighted by Crippen LogP contribution is -2.42. The summed E-state index contributed by atoms with van der Waals surface area (Å²) in [6, 6.07) is 9.52. The summed E-state index contributed by atoms with van der Waals surface area (Å²) in [5.41, 5.74) is -2.67. The number of amides is 1. The van der Waals surface area contributed by atoms with E-state index in [0.717, 1.165) is 23.9 Å². The van der Waals surface area contributed by atoms with Crippen LogP contribution in [-0.4, -0.2) is 36.3 Å². The number of thioether (sulfide) groups is 1. The van der Waals surface area contributed by atoms with Crippen LogP contribution in [0.4, 0.5) is 26.3 Å². The number of oxime groups is 1.